The smallest absolute Gasteiger partial charge is 0.0994 e. The van der Waals surface area contributed by atoms with Gasteiger partial charge in [0.2, 0.25) is 0 Å². The standard InChI is InChI=1S/C12H10Cl2N2O/c13-9-3-1-2-7(11(9)14)12-8-6-17-5-4-10(8)15-16-12/h1-3H,4-6H2,(H,15,16). The fourth-order valence-electron chi connectivity index (χ4n) is 2.02. The third-order valence-corrected chi connectivity index (χ3v) is 3.72. The maximum Gasteiger partial charge on any atom is 0.0994 e. The number of hydrogen-bond acceptors (Lipinski definition) is 2. The molecular formula is C12H10Cl2N2O. The number of nitrogens with one attached hydrogen (secondary N) is 1. The summed E-state index contributed by atoms with van der Waals surface area (Å²) in [6.07, 6.45) is 0.862. The predicted molar refractivity (Wildman–Crippen MR) is 67.4 cm³/mol. The van der Waals surface area contributed by atoms with Gasteiger partial charge < -0.3 is 4.74 Å². The van der Waals surface area contributed by atoms with E-state index in [9.17, 15) is 0 Å². The van der Waals surface area contributed by atoms with E-state index in [1.165, 1.54) is 0 Å². The average Bonchev–Trinajstić information content (AvgIpc) is 2.77. The van der Waals surface area contributed by atoms with E-state index in [0.717, 1.165) is 35.5 Å². The van der Waals surface area contributed by atoms with Crippen molar-refractivity contribution in [3.05, 3.63) is 39.5 Å². The molecule has 2 heterocycles. The monoisotopic (exact) mass is 268 g/mol. The van der Waals surface area contributed by atoms with E-state index in [2.05, 4.69) is 10.2 Å². The molecule has 0 saturated carbocycles. The lowest BCUT2D eigenvalue weighted by molar-refractivity contribution is 0.110. The quantitative estimate of drug-likeness (QED) is 0.860. The molecule has 3 rings (SSSR count). The molecule has 1 aliphatic heterocycles. The normalized spacial score (nSPS) is 14.7. The molecule has 1 aromatic heterocycles. The molecule has 17 heavy (non-hydrogen) atoms. The van der Waals surface area contributed by atoms with Crippen LogP contribution in [0.25, 0.3) is 11.3 Å². The molecule has 0 atom stereocenters. The van der Waals surface area contributed by atoms with Gasteiger partial charge in [-0.3, -0.25) is 5.10 Å². The highest BCUT2D eigenvalue weighted by Gasteiger charge is 2.20. The summed E-state index contributed by atoms with van der Waals surface area (Å²) in [5.41, 5.74) is 3.90. The Morgan fingerprint density at radius 1 is 1.29 bits per heavy atom. The van der Waals surface area contributed by atoms with Crippen molar-refractivity contribution >= 4 is 23.2 Å². The van der Waals surface area contributed by atoms with Gasteiger partial charge in [0, 0.05) is 23.2 Å². The van der Waals surface area contributed by atoms with Crippen molar-refractivity contribution in [2.24, 2.45) is 0 Å². The fraction of sp³-hybridized carbons (Fsp3) is 0.250. The van der Waals surface area contributed by atoms with Crippen LogP contribution in [0.2, 0.25) is 10.0 Å². The van der Waals surface area contributed by atoms with Crippen LogP contribution in [0.4, 0.5) is 0 Å². The molecule has 1 N–H and O–H groups in total. The van der Waals surface area contributed by atoms with Crippen LogP contribution < -0.4 is 0 Å². The third kappa shape index (κ3) is 1.84. The zero-order chi connectivity index (χ0) is 11.8. The van der Waals surface area contributed by atoms with Gasteiger partial charge in [-0.1, -0.05) is 35.3 Å². The number of aromatic amines is 1. The Hall–Kier alpha value is -1.03. The first-order valence-corrected chi connectivity index (χ1v) is 6.11. The highest BCUT2D eigenvalue weighted by Crippen LogP contribution is 2.35. The van der Waals surface area contributed by atoms with E-state index in [0.29, 0.717) is 16.7 Å². The Morgan fingerprint density at radius 2 is 2.18 bits per heavy atom. The van der Waals surface area contributed by atoms with Gasteiger partial charge in [0.05, 0.1) is 29.0 Å². The molecule has 0 aliphatic carbocycles. The van der Waals surface area contributed by atoms with Gasteiger partial charge >= 0.3 is 0 Å². The molecule has 0 fully saturated rings. The van der Waals surface area contributed by atoms with Gasteiger partial charge in [-0.05, 0) is 6.07 Å². The molecular weight excluding hydrogens is 259 g/mol. The number of benzene rings is 1. The molecule has 0 unspecified atom stereocenters. The van der Waals surface area contributed by atoms with Crippen molar-refractivity contribution in [3.8, 4) is 11.3 Å². The minimum Gasteiger partial charge on any atom is -0.376 e. The van der Waals surface area contributed by atoms with E-state index in [1.54, 1.807) is 6.07 Å². The summed E-state index contributed by atoms with van der Waals surface area (Å²) in [4.78, 5) is 0. The van der Waals surface area contributed by atoms with Crippen molar-refractivity contribution in [3.63, 3.8) is 0 Å². The van der Waals surface area contributed by atoms with Crippen LogP contribution >= 0.6 is 23.2 Å². The lowest BCUT2D eigenvalue weighted by Gasteiger charge is -2.13. The SMILES string of the molecule is Clc1cccc(-c2n[nH]c3c2COCC3)c1Cl. The summed E-state index contributed by atoms with van der Waals surface area (Å²) in [5, 5.41) is 8.44. The number of halogens is 2. The Labute approximate surface area is 109 Å². The predicted octanol–water partition coefficient (Wildman–Crippen LogP) is 3.46. The second-order valence-corrected chi connectivity index (χ2v) is 4.72. The minimum atomic E-state index is 0.536. The molecule has 88 valence electrons. The Balaban J connectivity index is 2.15. The topological polar surface area (TPSA) is 37.9 Å². The molecule has 2 aromatic rings. The third-order valence-electron chi connectivity index (χ3n) is 2.90. The first kappa shape index (κ1) is 11.1. The zero-order valence-electron chi connectivity index (χ0n) is 8.96. The van der Waals surface area contributed by atoms with Crippen LogP contribution in [0.3, 0.4) is 0 Å². The van der Waals surface area contributed by atoms with E-state index >= 15 is 0 Å². The van der Waals surface area contributed by atoms with Gasteiger partial charge in [0.15, 0.2) is 0 Å². The largest absolute Gasteiger partial charge is 0.376 e. The van der Waals surface area contributed by atoms with Crippen molar-refractivity contribution < 1.29 is 4.74 Å². The van der Waals surface area contributed by atoms with Gasteiger partial charge in [0.25, 0.3) is 0 Å². The Morgan fingerprint density at radius 3 is 3.06 bits per heavy atom. The first-order valence-electron chi connectivity index (χ1n) is 5.35. The lowest BCUT2D eigenvalue weighted by atomic mass is 10.0. The number of hydrogen-bond donors (Lipinski definition) is 1. The number of fused-ring (bicyclic) bond motifs is 1. The fourth-order valence-corrected chi connectivity index (χ4v) is 2.41. The van der Waals surface area contributed by atoms with Crippen LogP contribution in [0.5, 0.6) is 0 Å². The van der Waals surface area contributed by atoms with Crippen LogP contribution in [0, 0.1) is 0 Å². The maximum atomic E-state index is 6.20. The summed E-state index contributed by atoms with van der Waals surface area (Å²) in [6.45, 7) is 1.31. The lowest BCUT2D eigenvalue weighted by Crippen LogP contribution is -2.08. The number of rotatable bonds is 1. The van der Waals surface area contributed by atoms with Crippen LogP contribution in [0.1, 0.15) is 11.3 Å². The molecule has 0 saturated heterocycles. The molecule has 0 amide bonds. The maximum absolute atomic E-state index is 6.20. The minimum absolute atomic E-state index is 0.536. The van der Waals surface area contributed by atoms with Crippen LogP contribution in [0.15, 0.2) is 18.2 Å². The molecule has 0 radical (unpaired) electrons. The highest BCUT2D eigenvalue weighted by molar-refractivity contribution is 6.43. The van der Waals surface area contributed by atoms with Crippen LogP contribution in [-0.4, -0.2) is 16.8 Å². The summed E-state index contributed by atoms with van der Waals surface area (Å²) in [7, 11) is 0. The van der Waals surface area contributed by atoms with E-state index in [1.807, 2.05) is 12.1 Å². The number of H-pyrrole nitrogens is 1. The summed E-state index contributed by atoms with van der Waals surface area (Å²) < 4.78 is 5.45. The molecule has 0 bridgehead atoms. The van der Waals surface area contributed by atoms with Gasteiger partial charge in [-0.15, -0.1) is 0 Å². The van der Waals surface area contributed by atoms with Crippen molar-refractivity contribution in [2.45, 2.75) is 13.0 Å². The molecule has 0 spiro atoms. The number of aromatic nitrogens is 2. The molecule has 1 aliphatic rings. The highest BCUT2D eigenvalue weighted by atomic mass is 35.5. The Bertz CT molecular complexity index is 566. The van der Waals surface area contributed by atoms with Crippen molar-refractivity contribution in [2.75, 3.05) is 6.61 Å². The van der Waals surface area contributed by atoms with Gasteiger partial charge in [0.1, 0.15) is 0 Å². The second kappa shape index (κ2) is 4.33. The van der Waals surface area contributed by atoms with Gasteiger partial charge in [-0.25, -0.2) is 0 Å². The van der Waals surface area contributed by atoms with E-state index in [-0.39, 0.29) is 0 Å². The van der Waals surface area contributed by atoms with E-state index < -0.39 is 0 Å². The average molecular weight is 269 g/mol. The van der Waals surface area contributed by atoms with Gasteiger partial charge in [-0.2, -0.15) is 5.10 Å². The number of ether oxygens (including phenoxy) is 1. The van der Waals surface area contributed by atoms with Crippen molar-refractivity contribution in [1.82, 2.24) is 10.2 Å². The first-order chi connectivity index (χ1) is 8.27. The van der Waals surface area contributed by atoms with Crippen LogP contribution in [-0.2, 0) is 17.8 Å². The molecule has 1 aromatic carbocycles. The molecule has 3 nitrogen and oxygen atoms in total. The zero-order valence-corrected chi connectivity index (χ0v) is 10.5. The second-order valence-electron chi connectivity index (χ2n) is 3.93. The number of nitrogens with zero attached hydrogens (tertiary/aromatic N) is 1. The summed E-state index contributed by atoms with van der Waals surface area (Å²) >= 11 is 12.2. The van der Waals surface area contributed by atoms with E-state index in [4.69, 9.17) is 27.9 Å². The Kier molecular flexibility index (Phi) is 2.82. The molecule has 5 heteroatoms. The van der Waals surface area contributed by atoms with Crippen molar-refractivity contribution in [1.29, 1.82) is 0 Å². The summed E-state index contributed by atoms with van der Waals surface area (Å²) in [5.74, 6) is 0. The summed E-state index contributed by atoms with van der Waals surface area (Å²) in [6, 6.07) is 5.55.